The third-order valence-electron chi connectivity index (χ3n) is 3.11. The van der Waals surface area contributed by atoms with Gasteiger partial charge >= 0.3 is 0 Å². The predicted molar refractivity (Wildman–Crippen MR) is 89.4 cm³/mol. The average Bonchev–Trinajstić information content (AvgIpc) is 2.41. The summed E-state index contributed by atoms with van der Waals surface area (Å²) in [7, 11) is 0. The molecular formula is C15H10Br2N2O. The largest absolute Gasteiger partial charge is 0.385 e. The molecule has 0 fully saturated rings. The van der Waals surface area contributed by atoms with E-state index in [0.29, 0.717) is 11.2 Å². The Morgan fingerprint density at radius 2 is 1.75 bits per heavy atom. The van der Waals surface area contributed by atoms with Crippen LogP contribution >= 0.6 is 31.9 Å². The van der Waals surface area contributed by atoms with Gasteiger partial charge in [0.2, 0.25) is 0 Å². The molecule has 0 aliphatic carbocycles. The summed E-state index contributed by atoms with van der Waals surface area (Å²) < 4.78 is 3.25. The zero-order valence-electron chi connectivity index (χ0n) is 10.3. The number of pyridine rings is 1. The number of halogens is 2. The Hall–Kier alpha value is -1.59. The lowest BCUT2D eigenvalue weighted by Crippen LogP contribution is -2.21. The van der Waals surface area contributed by atoms with Crippen molar-refractivity contribution in [3.63, 3.8) is 0 Å². The molecule has 20 heavy (non-hydrogen) atoms. The van der Waals surface area contributed by atoms with E-state index in [1.54, 1.807) is 6.07 Å². The number of aromatic nitrogens is 1. The lowest BCUT2D eigenvalue weighted by atomic mass is 10.1. The minimum absolute atomic E-state index is 0.122. The Kier molecular flexibility index (Phi) is 3.40. The van der Waals surface area contributed by atoms with Crippen LogP contribution in [0.1, 0.15) is 0 Å². The van der Waals surface area contributed by atoms with Crippen LogP contribution in [0.4, 0.5) is 5.82 Å². The molecule has 0 radical (unpaired) electrons. The van der Waals surface area contributed by atoms with Gasteiger partial charge in [0.15, 0.2) is 0 Å². The zero-order chi connectivity index (χ0) is 14.3. The smallest absolute Gasteiger partial charge is 0.264 e. The van der Waals surface area contributed by atoms with Crippen molar-refractivity contribution in [1.29, 1.82) is 0 Å². The third kappa shape index (κ3) is 2.17. The van der Waals surface area contributed by atoms with Crippen LogP contribution in [0.2, 0.25) is 0 Å². The number of hydrogen-bond acceptors (Lipinski definition) is 2. The number of rotatable bonds is 1. The number of nitrogens with zero attached hydrogens (tertiary/aromatic N) is 1. The van der Waals surface area contributed by atoms with E-state index < -0.39 is 0 Å². The fourth-order valence-electron chi connectivity index (χ4n) is 2.19. The Balaban J connectivity index is 2.39. The van der Waals surface area contributed by atoms with Crippen molar-refractivity contribution in [2.45, 2.75) is 0 Å². The van der Waals surface area contributed by atoms with Gasteiger partial charge in [-0.1, -0.05) is 34.1 Å². The molecule has 0 amide bonds. The molecule has 0 saturated carbocycles. The molecule has 0 atom stereocenters. The van der Waals surface area contributed by atoms with Gasteiger partial charge in [0.25, 0.3) is 5.56 Å². The molecule has 0 spiro atoms. The summed E-state index contributed by atoms with van der Waals surface area (Å²) in [6, 6.07) is 14.8. The first-order valence-electron chi connectivity index (χ1n) is 5.93. The van der Waals surface area contributed by atoms with Gasteiger partial charge < -0.3 is 5.73 Å². The van der Waals surface area contributed by atoms with Crippen LogP contribution < -0.4 is 11.3 Å². The highest BCUT2D eigenvalue weighted by molar-refractivity contribution is 9.11. The summed E-state index contributed by atoms with van der Waals surface area (Å²) in [6.07, 6.45) is 0. The predicted octanol–water partition coefficient (Wildman–Crippen LogP) is 4.10. The molecule has 3 nitrogen and oxygen atoms in total. The molecule has 0 aliphatic rings. The summed E-state index contributed by atoms with van der Waals surface area (Å²) in [6.45, 7) is 0. The second-order valence-corrected chi connectivity index (χ2v) is 6.16. The maximum atomic E-state index is 12.6. The van der Waals surface area contributed by atoms with Gasteiger partial charge in [-0.15, -0.1) is 0 Å². The highest BCUT2D eigenvalue weighted by atomic mass is 79.9. The van der Waals surface area contributed by atoms with Crippen molar-refractivity contribution in [2.75, 3.05) is 5.73 Å². The van der Waals surface area contributed by atoms with E-state index in [0.717, 1.165) is 20.0 Å². The molecule has 3 rings (SSSR count). The first-order chi connectivity index (χ1) is 9.58. The van der Waals surface area contributed by atoms with E-state index in [1.807, 2.05) is 42.5 Å². The molecule has 3 aromatic rings. The molecule has 2 N–H and O–H groups in total. The Morgan fingerprint density at radius 1 is 1.00 bits per heavy atom. The summed E-state index contributed by atoms with van der Waals surface area (Å²) in [4.78, 5) is 12.6. The van der Waals surface area contributed by atoms with Gasteiger partial charge in [0.1, 0.15) is 5.82 Å². The minimum Gasteiger partial charge on any atom is -0.385 e. The first kappa shape index (κ1) is 13.4. The first-order valence-corrected chi connectivity index (χ1v) is 7.52. The number of hydrogen-bond donors (Lipinski definition) is 1. The highest BCUT2D eigenvalue weighted by Crippen LogP contribution is 2.26. The number of fused-ring (bicyclic) bond motifs is 1. The Morgan fingerprint density at radius 3 is 2.50 bits per heavy atom. The summed E-state index contributed by atoms with van der Waals surface area (Å²) >= 11 is 6.87. The molecule has 100 valence electrons. The van der Waals surface area contributed by atoms with Gasteiger partial charge in [-0.25, -0.2) is 0 Å². The summed E-state index contributed by atoms with van der Waals surface area (Å²) in [5.41, 5.74) is 6.66. The van der Waals surface area contributed by atoms with Gasteiger partial charge in [0, 0.05) is 14.3 Å². The average molecular weight is 394 g/mol. The second-order valence-electron chi connectivity index (χ2n) is 4.39. The fraction of sp³-hybridized carbons (Fsp3) is 0. The fourth-order valence-corrected chi connectivity index (χ4v) is 3.41. The van der Waals surface area contributed by atoms with Crippen LogP contribution in [0.25, 0.3) is 16.5 Å². The number of anilines is 1. The van der Waals surface area contributed by atoms with Crippen LogP contribution in [0.3, 0.4) is 0 Å². The van der Waals surface area contributed by atoms with E-state index >= 15 is 0 Å². The second kappa shape index (κ2) is 5.07. The number of nitrogens with two attached hydrogens (primary N) is 1. The molecule has 1 aromatic heterocycles. The Labute approximate surface area is 132 Å². The third-order valence-corrected chi connectivity index (χ3v) is 4.23. The van der Waals surface area contributed by atoms with Crippen LogP contribution in [0, 0.1) is 0 Å². The van der Waals surface area contributed by atoms with Gasteiger partial charge in [-0.05, 0) is 51.6 Å². The van der Waals surface area contributed by atoms with Gasteiger partial charge in [0.05, 0.1) is 5.69 Å². The SMILES string of the molecule is Nc1cc2ccccc2c(=O)n1-c1ccc(Br)cc1Br. The number of benzene rings is 2. The van der Waals surface area contributed by atoms with Crippen LogP contribution in [0.5, 0.6) is 0 Å². The van der Waals surface area contributed by atoms with E-state index in [4.69, 9.17) is 5.73 Å². The van der Waals surface area contributed by atoms with Crippen molar-refractivity contribution >= 4 is 48.5 Å². The van der Waals surface area contributed by atoms with Crippen LogP contribution in [0.15, 0.2) is 62.3 Å². The van der Waals surface area contributed by atoms with Gasteiger partial charge in [-0.2, -0.15) is 0 Å². The van der Waals surface area contributed by atoms with E-state index in [9.17, 15) is 4.79 Å². The topological polar surface area (TPSA) is 48.0 Å². The standard InChI is InChI=1S/C15H10Br2N2O/c16-10-5-6-13(12(17)8-10)19-14(18)7-9-3-1-2-4-11(9)15(19)20/h1-8H,18H2. The van der Waals surface area contributed by atoms with Crippen LogP contribution in [-0.4, -0.2) is 4.57 Å². The maximum absolute atomic E-state index is 12.6. The molecule has 5 heteroatoms. The van der Waals surface area contributed by atoms with Crippen molar-refractivity contribution in [2.24, 2.45) is 0 Å². The van der Waals surface area contributed by atoms with Crippen molar-refractivity contribution in [1.82, 2.24) is 4.57 Å². The van der Waals surface area contributed by atoms with E-state index in [1.165, 1.54) is 4.57 Å². The maximum Gasteiger partial charge on any atom is 0.264 e. The monoisotopic (exact) mass is 392 g/mol. The molecule has 1 heterocycles. The minimum atomic E-state index is -0.122. The highest BCUT2D eigenvalue weighted by Gasteiger charge is 2.11. The zero-order valence-corrected chi connectivity index (χ0v) is 13.5. The van der Waals surface area contributed by atoms with Crippen molar-refractivity contribution in [3.8, 4) is 5.69 Å². The number of nitrogen functional groups attached to an aromatic ring is 1. The normalized spacial score (nSPS) is 10.9. The lowest BCUT2D eigenvalue weighted by molar-refractivity contribution is 1.02. The van der Waals surface area contributed by atoms with E-state index in [-0.39, 0.29) is 5.56 Å². The Bertz CT molecular complexity index is 871. The van der Waals surface area contributed by atoms with Crippen molar-refractivity contribution in [3.05, 3.63) is 67.8 Å². The summed E-state index contributed by atoms with van der Waals surface area (Å²) in [5, 5.41) is 1.50. The molecule has 0 bridgehead atoms. The van der Waals surface area contributed by atoms with Crippen molar-refractivity contribution < 1.29 is 0 Å². The van der Waals surface area contributed by atoms with Crippen LogP contribution in [-0.2, 0) is 0 Å². The lowest BCUT2D eigenvalue weighted by Gasteiger charge is -2.13. The van der Waals surface area contributed by atoms with Gasteiger partial charge in [-0.3, -0.25) is 9.36 Å². The summed E-state index contributed by atoms with van der Waals surface area (Å²) in [5.74, 6) is 0.414. The molecule has 2 aromatic carbocycles. The molecule has 0 unspecified atom stereocenters. The quantitative estimate of drug-likeness (QED) is 0.676. The van der Waals surface area contributed by atoms with E-state index in [2.05, 4.69) is 31.9 Å². The molecule has 0 aliphatic heterocycles. The molecular weight excluding hydrogens is 384 g/mol. The molecule has 0 saturated heterocycles.